The van der Waals surface area contributed by atoms with Crippen molar-refractivity contribution in [2.45, 2.75) is 0 Å². The Morgan fingerprint density at radius 3 is 2.21 bits per heavy atom. The highest BCUT2D eigenvalue weighted by molar-refractivity contribution is 6.06. The number of rotatable bonds is 7. The summed E-state index contributed by atoms with van der Waals surface area (Å²) in [6.07, 6.45) is 3.26. The summed E-state index contributed by atoms with van der Waals surface area (Å²) in [7, 11) is 1.58. The van der Waals surface area contributed by atoms with Crippen LogP contribution in [0.5, 0.6) is 11.5 Å². The van der Waals surface area contributed by atoms with Crippen molar-refractivity contribution in [2.24, 2.45) is 5.73 Å². The van der Waals surface area contributed by atoms with Crippen LogP contribution in [0.4, 0.5) is 0 Å². The Morgan fingerprint density at radius 2 is 1.67 bits per heavy atom. The van der Waals surface area contributed by atoms with Crippen molar-refractivity contribution in [2.75, 3.05) is 13.7 Å². The molecule has 0 fully saturated rings. The van der Waals surface area contributed by atoms with E-state index in [1.807, 2.05) is 12.1 Å². The van der Waals surface area contributed by atoms with Gasteiger partial charge in [-0.15, -0.1) is 12.4 Å². The zero-order chi connectivity index (χ0) is 16.7. The van der Waals surface area contributed by atoms with E-state index in [2.05, 4.69) is 0 Å². The van der Waals surface area contributed by atoms with Gasteiger partial charge in [-0.2, -0.15) is 0 Å². The van der Waals surface area contributed by atoms with Crippen molar-refractivity contribution in [1.29, 1.82) is 5.41 Å². The molecule has 0 bridgehead atoms. The number of carbonyl (C=O) groups excluding carboxylic acids is 1. The van der Waals surface area contributed by atoms with Crippen LogP contribution >= 0.6 is 12.4 Å². The largest absolute Gasteiger partial charge is 0.497 e. The van der Waals surface area contributed by atoms with Crippen molar-refractivity contribution < 1.29 is 14.3 Å². The predicted molar refractivity (Wildman–Crippen MR) is 97.5 cm³/mol. The number of carbonyl (C=O) groups is 1. The number of ether oxygens (including phenoxy) is 2. The third kappa shape index (κ3) is 5.78. The third-order valence-electron chi connectivity index (χ3n) is 3.08. The number of allylic oxidation sites excluding steroid dienone is 1. The Balaban J connectivity index is 0.00000288. The lowest BCUT2D eigenvalue weighted by molar-refractivity contribution is 0.104. The van der Waals surface area contributed by atoms with E-state index in [0.29, 0.717) is 17.1 Å². The summed E-state index contributed by atoms with van der Waals surface area (Å²) >= 11 is 0. The van der Waals surface area contributed by atoms with Gasteiger partial charge in [-0.1, -0.05) is 18.2 Å². The number of nitrogens with one attached hydrogen (secondary N) is 1. The van der Waals surface area contributed by atoms with Crippen molar-refractivity contribution in [3.8, 4) is 11.5 Å². The molecule has 2 aromatic carbocycles. The lowest BCUT2D eigenvalue weighted by Gasteiger charge is -2.04. The van der Waals surface area contributed by atoms with Crippen LogP contribution in [0.3, 0.4) is 0 Å². The maximum absolute atomic E-state index is 12.1. The van der Waals surface area contributed by atoms with Crippen LogP contribution in [0.1, 0.15) is 15.9 Å². The van der Waals surface area contributed by atoms with E-state index in [0.717, 1.165) is 5.56 Å². The molecule has 0 amide bonds. The van der Waals surface area contributed by atoms with Crippen LogP contribution in [0, 0.1) is 5.41 Å². The number of ketones is 1. The number of hydrogen-bond donors (Lipinski definition) is 2. The molecule has 0 aliphatic rings. The zero-order valence-electron chi connectivity index (χ0n) is 13.2. The molecule has 2 rings (SSSR count). The van der Waals surface area contributed by atoms with Gasteiger partial charge in [0, 0.05) is 5.56 Å². The highest BCUT2D eigenvalue weighted by Crippen LogP contribution is 2.15. The molecule has 0 aromatic heterocycles. The molecule has 0 atom stereocenters. The van der Waals surface area contributed by atoms with Gasteiger partial charge in [0.2, 0.25) is 0 Å². The summed E-state index contributed by atoms with van der Waals surface area (Å²) in [5, 5.41) is 7.10. The molecule has 0 saturated carbocycles. The number of methoxy groups -OCH3 is 1. The normalized spacial score (nSPS) is 10.0. The predicted octanol–water partition coefficient (Wildman–Crippen LogP) is 3.33. The minimum Gasteiger partial charge on any atom is -0.497 e. The SMILES string of the molecule is COc1ccc(C(=O)/C=C/c2ccc(OCC(=N)N)cc2)cc1.Cl. The highest BCUT2D eigenvalue weighted by atomic mass is 35.5. The van der Waals surface area contributed by atoms with Gasteiger partial charge < -0.3 is 15.2 Å². The maximum atomic E-state index is 12.1. The molecule has 24 heavy (non-hydrogen) atoms. The van der Waals surface area contributed by atoms with E-state index in [4.69, 9.17) is 20.6 Å². The molecule has 6 heteroatoms. The Labute approximate surface area is 147 Å². The Morgan fingerprint density at radius 1 is 1.08 bits per heavy atom. The minimum atomic E-state index is -0.0791. The van der Waals surface area contributed by atoms with Crippen molar-refractivity contribution in [3.63, 3.8) is 0 Å². The highest BCUT2D eigenvalue weighted by Gasteiger charge is 2.02. The van der Waals surface area contributed by atoms with E-state index >= 15 is 0 Å². The number of halogens is 1. The third-order valence-corrected chi connectivity index (χ3v) is 3.08. The smallest absolute Gasteiger partial charge is 0.185 e. The Hall–Kier alpha value is -2.79. The second kappa shape index (κ2) is 9.37. The molecule has 0 spiro atoms. The van der Waals surface area contributed by atoms with Gasteiger partial charge >= 0.3 is 0 Å². The molecule has 126 valence electrons. The number of amidine groups is 1. The van der Waals surface area contributed by atoms with E-state index in [1.165, 1.54) is 6.08 Å². The number of hydrogen-bond acceptors (Lipinski definition) is 4. The second-order valence-corrected chi connectivity index (χ2v) is 4.81. The molecule has 0 heterocycles. The van der Waals surface area contributed by atoms with Gasteiger partial charge in [0.25, 0.3) is 0 Å². The number of nitrogens with two attached hydrogens (primary N) is 1. The standard InChI is InChI=1S/C18H18N2O3.ClH/c1-22-15-9-5-14(6-10-15)17(21)11-4-13-2-7-16(8-3-13)23-12-18(19)20;/h2-11H,12H2,1H3,(H3,19,20);1H/b11-4+;. The summed E-state index contributed by atoms with van der Waals surface area (Å²) in [6, 6.07) is 14.1. The van der Waals surface area contributed by atoms with Crippen LogP contribution in [-0.2, 0) is 0 Å². The van der Waals surface area contributed by atoms with E-state index in [9.17, 15) is 4.79 Å². The minimum absolute atomic E-state index is 0. The fraction of sp³-hybridized carbons (Fsp3) is 0.111. The molecule has 0 aliphatic carbocycles. The van der Waals surface area contributed by atoms with Crippen LogP contribution in [0.25, 0.3) is 6.08 Å². The maximum Gasteiger partial charge on any atom is 0.185 e. The lowest BCUT2D eigenvalue weighted by atomic mass is 10.1. The van der Waals surface area contributed by atoms with Crippen LogP contribution < -0.4 is 15.2 Å². The van der Waals surface area contributed by atoms with Gasteiger partial charge in [0.15, 0.2) is 5.78 Å². The van der Waals surface area contributed by atoms with Gasteiger partial charge in [0.1, 0.15) is 23.9 Å². The summed E-state index contributed by atoms with van der Waals surface area (Å²) in [6.45, 7) is 0.0607. The average Bonchev–Trinajstić information content (AvgIpc) is 2.58. The first-order valence-electron chi connectivity index (χ1n) is 7.00. The lowest BCUT2D eigenvalue weighted by Crippen LogP contribution is -2.19. The van der Waals surface area contributed by atoms with Crippen molar-refractivity contribution in [3.05, 3.63) is 65.7 Å². The van der Waals surface area contributed by atoms with Crippen LogP contribution in [0.2, 0.25) is 0 Å². The topological polar surface area (TPSA) is 85.4 Å². The summed E-state index contributed by atoms with van der Waals surface area (Å²) in [5.41, 5.74) is 6.70. The van der Waals surface area contributed by atoms with Gasteiger partial charge in [0.05, 0.1) is 7.11 Å². The first kappa shape index (κ1) is 19.3. The summed E-state index contributed by atoms with van der Waals surface area (Å²) in [5.74, 6) is 1.23. The number of benzene rings is 2. The first-order chi connectivity index (χ1) is 11.1. The van der Waals surface area contributed by atoms with Gasteiger partial charge in [-0.25, -0.2) is 0 Å². The van der Waals surface area contributed by atoms with Gasteiger partial charge in [-0.3, -0.25) is 10.2 Å². The van der Waals surface area contributed by atoms with Crippen LogP contribution in [-0.4, -0.2) is 25.3 Å². The molecule has 0 saturated heterocycles. The summed E-state index contributed by atoms with van der Waals surface area (Å²) in [4.78, 5) is 12.1. The van der Waals surface area contributed by atoms with Crippen LogP contribution in [0.15, 0.2) is 54.6 Å². The zero-order valence-corrected chi connectivity index (χ0v) is 14.0. The fourth-order valence-corrected chi connectivity index (χ4v) is 1.86. The molecule has 5 nitrogen and oxygen atoms in total. The molecule has 2 aromatic rings. The van der Waals surface area contributed by atoms with Gasteiger partial charge in [-0.05, 0) is 48.0 Å². The average molecular weight is 347 g/mol. The Kier molecular flexibility index (Phi) is 7.52. The fourth-order valence-electron chi connectivity index (χ4n) is 1.86. The Bertz CT molecular complexity index is 710. The molecular formula is C18H19ClN2O3. The molecule has 0 unspecified atom stereocenters. The first-order valence-corrected chi connectivity index (χ1v) is 7.00. The second-order valence-electron chi connectivity index (χ2n) is 4.81. The molecule has 3 N–H and O–H groups in total. The van der Waals surface area contributed by atoms with E-state index < -0.39 is 0 Å². The monoisotopic (exact) mass is 346 g/mol. The van der Waals surface area contributed by atoms with E-state index in [1.54, 1.807) is 49.6 Å². The van der Waals surface area contributed by atoms with Crippen molar-refractivity contribution in [1.82, 2.24) is 0 Å². The molecule has 0 radical (unpaired) electrons. The van der Waals surface area contributed by atoms with Crippen molar-refractivity contribution >= 4 is 30.1 Å². The molecule has 0 aliphatic heterocycles. The molecular weight excluding hydrogens is 328 g/mol. The summed E-state index contributed by atoms with van der Waals surface area (Å²) < 4.78 is 10.3. The van der Waals surface area contributed by atoms with E-state index in [-0.39, 0.29) is 30.6 Å². The quantitative estimate of drug-likeness (QED) is 0.348.